The number of carboxylic acids is 1. The largest absolute Gasteiger partial charge is 0.478 e. The molecule has 3 N–H and O–H groups in total. The molecule has 0 spiro atoms. The maximum absolute atomic E-state index is 13.7. The smallest absolute Gasteiger partial charge is 0.331 e. The van der Waals surface area contributed by atoms with E-state index in [-0.39, 0.29) is 29.2 Å². The first-order valence-electron chi connectivity index (χ1n) is 12.9. The summed E-state index contributed by atoms with van der Waals surface area (Å²) in [6, 6.07) is 6.31. The van der Waals surface area contributed by atoms with Gasteiger partial charge in [0.1, 0.15) is 6.04 Å². The maximum Gasteiger partial charge on any atom is 0.331 e. The van der Waals surface area contributed by atoms with Gasteiger partial charge in [-0.25, -0.2) is 4.79 Å². The number of carboxylic acid groups (broad SMARTS) is 1. The first kappa shape index (κ1) is 30.1. The van der Waals surface area contributed by atoms with Gasteiger partial charge in [-0.1, -0.05) is 65.8 Å². The summed E-state index contributed by atoms with van der Waals surface area (Å²) in [7, 11) is 5.41. The standard InChI is InChI=1S/C29H44N4O4/c1-17(2)23(15-19(5)28(36)37)33(10)27(35)24(18(3)4)31-26(34)25(30-8)29(6,7)21-16-32(9)22-14-12-11-13-20(21)22/h11-18,23-25,30H,1-10H3,(H,31,34)(H,36,37)/t23?,24-,25?/m1/s1. The summed E-state index contributed by atoms with van der Waals surface area (Å²) in [6.07, 6.45) is 3.66. The van der Waals surface area contributed by atoms with Crippen LogP contribution in [-0.4, -0.2) is 64.6 Å². The Morgan fingerprint density at radius 1 is 1.08 bits per heavy atom. The minimum Gasteiger partial charge on any atom is -0.478 e. The van der Waals surface area contributed by atoms with Crippen molar-refractivity contribution in [3.05, 3.63) is 47.7 Å². The third kappa shape index (κ3) is 6.42. The summed E-state index contributed by atoms with van der Waals surface area (Å²) in [5, 5.41) is 16.6. The number of nitrogens with zero attached hydrogens (tertiary/aromatic N) is 2. The highest BCUT2D eigenvalue weighted by atomic mass is 16.4. The van der Waals surface area contributed by atoms with E-state index in [1.54, 1.807) is 25.1 Å². The van der Waals surface area contributed by atoms with Crippen LogP contribution in [0.2, 0.25) is 0 Å². The number of likely N-dealkylation sites (N-methyl/N-ethyl adjacent to an activating group) is 2. The number of hydrogen-bond donors (Lipinski definition) is 3. The molecule has 0 radical (unpaired) electrons. The average Bonchev–Trinajstić information content (AvgIpc) is 3.17. The van der Waals surface area contributed by atoms with Crippen LogP contribution in [0.3, 0.4) is 0 Å². The van der Waals surface area contributed by atoms with Crippen LogP contribution in [-0.2, 0) is 26.8 Å². The summed E-state index contributed by atoms with van der Waals surface area (Å²) in [5.41, 5.74) is 1.72. The van der Waals surface area contributed by atoms with E-state index in [1.165, 1.54) is 6.92 Å². The van der Waals surface area contributed by atoms with Gasteiger partial charge in [0.15, 0.2) is 0 Å². The van der Waals surface area contributed by atoms with Crippen molar-refractivity contribution in [2.24, 2.45) is 18.9 Å². The molecular weight excluding hydrogens is 468 g/mol. The van der Waals surface area contributed by atoms with Gasteiger partial charge in [-0.05, 0) is 37.4 Å². The monoisotopic (exact) mass is 512 g/mol. The lowest BCUT2D eigenvalue weighted by Crippen LogP contribution is -2.59. The van der Waals surface area contributed by atoms with Crippen molar-refractivity contribution in [3.8, 4) is 0 Å². The van der Waals surface area contributed by atoms with Gasteiger partial charge in [0.2, 0.25) is 11.8 Å². The lowest BCUT2D eigenvalue weighted by Gasteiger charge is -2.37. The highest BCUT2D eigenvalue weighted by Crippen LogP contribution is 2.34. The van der Waals surface area contributed by atoms with Crippen LogP contribution < -0.4 is 10.6 Å². The normalized spacial score (nSPS) is 15.1. The van der Waals surface area contributed by atoms with Gasteiger partial charge in [0.25, 0.3) is 0 Å². The molecular formula is C29H44N4O4. The number of hydrogen-bond acceptors (Lipinski definition) is 4. The zero-order valence-electron chi connectivity index (χ0n) is 23.9. The first-order valence-corrected chi connectivity index (χ1v) is 12.9. The quantitative estimate of drug-likeness (QED) is 0.399. The van der Waals surface area contributed by atoms with E-state index in [0.29, 0.717) is 0 Å². The average molecular weight is 513 g/mol. The van der Waals surface area contributed by atoms with Crippen LogP contribution in [0, 0.1) is 11.8 Å². The molecule has 2 amide bonds. The lowest BCUT2D eigenvalue weighted by molar-refractivity contribution is -0.139. The van der Waals surface area contributed by atoms with Crippen molar-refractivity contribution < 1.29 is 19.5 Å². The molecule has 0 bridgehead atoms. The predicted molar refractivity (Wildman–Crippen MR) is 148 cm³/mol. The van der Waals surface area contributed by atoms with Crippen molar-refractivity contribution >= 4 is 28.7 Å². The van der Waals surface area contributed by atoms with Gasteiger partial charge >= 0.3 is 5.97 Å². The van der Waals surface area contributed by atoms with Gasteiger partial charge in [-0.2, -0.15) is 0 Å². The van der Waals surface area contributed by atoms with Crippen molar-refractivity contribution in [2.45, 2.75) is 72.0 Å². The molecule has 0 saturated carbocycles. The third-order valence-corrected chi connectivity index (χ3v) is 7.33. The fraction of sp³-hybridized carbons (Fsp3) is 0.552. The second kappa shape index (κ2) is 11.9. The highest BCUT2D eigenvalue weighted by molar-refractivity contribution is 5.93. The van der Waals surface area contributed by atoms with Crippen molar-refractivity contribution in [1.29, 1.82) is 0 Å². The number of nitrogens with one attached hydrogen (secondary N) is 2. The van der Waals surface area contributed by atoms with Gasteiger partial charge in [-0.3, -0.25) is 9.59 Å². The fourth-order valence-corrected chi connectivity index (χ4v) is 5.03. The molecule has 1 heterocycles. The van der Waals surface area contributed by atoms with Crippen LogP contribution in [0.1, 0.15) is 54.0 Å². The Labute approximate surface area is 221 Å². The molecule has 2 unspecified atom stereocenters. The Kier molecular flexibility index (Phi) is 9.72. The Balaban J connectivity index is 2.37. The zero-order valence-corrected chi connectivity index (χ0v) is 23.9. The number of benzene rings is 1. The van der Waals surface area contributed by atoms with E-state index < -0.39 is 29.5 Å². The molecule has 2 rings (SSSR count). The minimum atomic E-state index is -1.02. The number of carbonyl (C=O) groups is 3. The number of rotatable bonds is 11. The van der Waals surface area contributed by atoms with E-state index in [9.17, 15) is 19.5 Å². The van der Waals surface area contributed by atoms with Crippen LogP contribution in [0.4, 0.5) is 0 Å². The number of amides is 2. The molecule has 0 aliphatic heterocycles. The SMILES string of the molecule is CNC(C(=O)N[C@@H](C(=O)N(C)C(C=C(C)C(=O)O)C(C)C)C(C)C)C(C)(C)c1cn(C)c2ccccc12. The van der Waals surface area contributed by atoms with E-state index >= 15 is 0 Å². The molecule has 37 heavy (non-hydrogen) atoms. The molecule has 2 aromatic rings. The number of fused-ring (bicyclic) bond motifs is 1. The molecule has 1 aromatic heterocycles. The molecule has 0 saturated heterocycles. The van der Waals surface area contributed by atoms with E-state index in [1.807, 2.05) is 60.7 Å². The van der Waals surface area contributed by atoms with E-state index in [0.717, 1.165) is 16.5 Å². The number of aromatic nitrogens is 1. The summed E-state index contributed by atoms with van der Waals surface area (Å²) in [5.74, 6) is -1.72. The third-order valence-electron chi connectivity index (χ3n) is 7.33. The van der Waals surface area contributed by atoms with Gasteiger partial charge < -0.3 is 25.2 Å². The fourth-order valence-electron chi connectivity index (χ4n) is 5.03. The van der Waals surface area contributed by atoms with Gasteiger partial charge in [0.05, 0.1) is 12.1 Å². The van der Waals surface area contributed by atoms with Crippen LogP contribution in [0.15, 0.2) is 42.1 Å². The van der Waals surface area contributed by atoms with E-state index in [4.69, 9.17) is 0 Å². The van der Waals surface area contributed by atoms with Crippen molar-refractivity contribution in [2.75, 3.05) is 14.1 Å². The van der Waals surface area contributed by atoms with Crippen molar-refractivity contribution in [3.63, 3.8) is 0 Å². The van der Waals surface area contributed by atoms with Crippen molar-refractivity contribution in [1.82, 2.24) is 20.1 Å². The molecule has 0 aliphatic carbocycles. The zero-order chi connectivity index (χ0) is 28.2. The lowest BCUT2D eigenvalue weighted by atomic mass is 9.77. The first-order chi connectivity index (χ1) is 17.1. The molecule has 0 aliphatic rings. The molecule has 0 fully saturated rings. The second-order valence-corrected chi connectivity index (χ2v) is 11.2. The van der Waals surface area contributed by atoms with Gasteiger partial charge in [-0.15, -0.1) is 0 Å². The van der Waals surface area contributed by atoms with Crippen LogP contribution >= 0.6 is 0 Å². The molecule has 8 nitrogen and oxygen atoms in total. The Morgan fingerprint density at radius 2 is 1.68 bits per heavy atom. The molecule has 3 atom stereocenters. The Bertz CT molecular complexity index is 1160. The van der Waals surface area contributed by atoms with Crippen LogP contribution in [0.5, 0.6) is 0 Å². The molecule has 204 valence electrons. The summed E-state index contributed by atoms with van der Waals surface area (Å²) >= 11 is 0. The Morgan fingerprint density at radius 3 is 2.19 bits per heavy atom. The Hall–Kier alpha value is -3.13. The number of carbonyl (C=O) groups excluding carboxylic acids is 2. The number of para-hydroxylation sites is 1. The van der Waals surface area contributed by atoms with E-state index in [2.05, 4.69) is 33.5 Å². The topological polar surface area (TPSA) is 104 Å². The number of aliphatic carboxylic acids is 1. The minimum absolute atomic E-state index is 0.0119. The summed E-state index contributed by atoms with van der Waals surface area (Å²) in [6.45, 7) is 13.2. The molecule has 1 aromatic carbocycles. The van der Waals surface area contributed by atoms with Gasteiger partial charge in [0, 0.05) is 42.2 Å². The number of aryl methyl sites for hydroxylation is 1. The second-order valence-electron chi connectivity index (χ2n) is 11.2. The highest BCUT2D eigenvalue weighted by Gasteiger charge is 2.40. The summed E-state index contributed by atoms with van der Waals surface area (Å²) < 4.78 is 2.06. The molecule has 8 heteroatoms. The van der Waals surface area contributed by atoms with Crippen LogP contribution in [0.25, 0.3) is 10.9 Å². The summed E-state index contributed by atoms with van der Waals surface area (Å²) in [4.78, 5) is 40.3. The predicted octanol–water partition coefficient (Wildman–Crippen LogP) is 3.70. The maximum atomic E-state index is 13.7.